The second-order valence-corrected chi connectivity index (χ2v) is 9.62. The molecule has 0 atom stereocenters. The number of carbonyl (C=O) groups is 2. The Bertz CT molecular complexity index is 1380. The van der Waals surface area contributed by atoms with Crippen LogP contribution in [0.1, 0.15) is 15.9 Å². The number of nitro groups is 1. The van der Waals surface area contributed by atoms with Crippen molar-refractivity contribution in [2.45, 2.75) is 0 Å². The molecule has 5 rings (SSSR count). The lowest BCUT2D eigenvalue weighted by Gasteiger charge is -2.35. The molecular weight excluding hydrogens is 510 g/mol. The van der Waals surface area contributed by atoms with Crippen molar-refractivity contribution in [1.82, 2.24) is 4.90 Å². The van der Waals surface area contributed by atoms with Crippen LogP contribution in [0.3, 0.4) is 0 Å². The predicted molar refractivity (Wildman–Crippen MR) is 155 cm³/mol. The molecule has 2 amide bonds. The Morgan fingerprint density at radius 2 is 1.55 bits per heavy atom. The van der Waals surface area contributed by atoms with Gasteiger partial charge in [-0.15, -0.1) is 0 Å². The second-order valence-electron chi connectivity index (χ2n) is 9.62. The second kappa shape index (κ2) is 12.4. The fourth-order valence-electron chi connectivity index (χ4n) is 4.86. The number of nitrogens with one attached hydrogen (secondary N) is 1. The van der Waals surface area contributed by atoms with Crippen molar-refractivity contribution in [3.05, 3.63) is 100 Å². The van der Waals surface area contributed by atoms with Crippen LogP contribution in [0.5, 0.6) is 0 Å². The highest BCUT2D eigenvalue weighted by atomic mass is 16.6. The number of piperazine rings is 1. The van der Waals surface area contributed by atoms with E-state index in [1.165, 1.54) is 6.07 Å². The largest absolute Gasteiger partial charge is 0.378 e. The van der Waals surface area contributed by atoms with Gasteiger partial charge < -0.3 is 24.8 Å². The molecule has 40 heavy (non-hydrogen) atoms. The van der Waals surface area contributed by atoms with Gasteiger partial charge in [0.05, 0.1) is 18.1 Å². The maximum absolute atomic E-state index is 12.9. The average molecular weight is 542 g/mol. The summed E-state index contributed by atoms with van der Waals surface area (Å²) in [5.74, 6) is -0.417. The van der Waals surface area contributed by atoms with Crippen molar-refractivity contribution in [1.29, 1.82) is 0 Å². The molecule has 0 bridgehead atoms. The highest BCUT2D eigenvalue weighted by Gasteiger charge is 2.24. The Morgan fingerprint density at radius 1 is 0.850 bits per heavy atom. The molecule has 0 unspecified atom stereocenters. The highest BCUT2D eigenvalue weighted by Crippen LogP contribution is 2.30. The first kappa shape index (κ1) is 26.9. The van der Waals surface area contributed by atoms with Crippen LogP contribution in [0.4, 0.5) is 22.7 Å². The summed E-state index contributed by atoms with van der Waals surface area (Å²) in [5, 5.41) is 14.5. The lowest BCUT2D eigenvalue weighted by molar-refractivity contribution is -0.384. The third-order valence-electron chi connectivity index (χ3n) is 7.09. The Labute approximate surface area is 232 Å². The fourth-order valence-corrected chi connectivity index (χ4v) is 4.86. The van der Waals surface area contributed by atoms with Crippen molar-refractivity contribution in [3.63, 3.8) is 0 Å². The molecule has 0 spiro atoms. The van der Waals surface area contributed by atoms with E-state index in [1.807, 2.05) is 70.5 Å². The molecule has 10 heteroatoms. The first-order valence-electron chi connectivity index (χ1n) is 13.3. The van der Waals surface area contributed by atoms with Crippen LogP contribution in [-0.4, -0.2) is 74.1 Å². The molecule has 3 aromatic carbocycles. The molecule has 1 N–H and O–H groups in total. The van der Waals surface area contributed by atoms with E-state index in [0.717, 1.165) is 11.3 Å². The van der Waals surface area contributed by atoms with E-state index in [2.05, 4.69) is 10.2 Å². The van der Waals surface area contributed by atoms with Crippen LogP contribution in [0.15, 0.2) is 78.9 Å². The number of amides is 2. The van der Waals surface area contributed by atoms with Crippen LogP contribution in [0.25, 0.3) is 6.08 Å². The summed E-state index contributed by atoms with van der Waals surface area (Å²) in [6.07, 6.45) is 3.45. The lowest BCUT2D eigenvalue weighted by Crippen LogP contribution is -2.48. The summed E-state index contributed by atoms with van der Waals surface area (Å²) in [6.45, 7) is 4.80. The molecule has 0 radical (unpaired) electrons. The molecule has 2 aliphatic heterocycles. The van der Waals surface area contributed by atoms with Gasteiger partial charge in [-0.1, -0.05) is 30.3 Å². The number of benzene rings is 3. The van der Waals surface area contributed by atoms with Gasteiger partial charge in [-0.05, 0) is 48.0 Å². The molecule has 2 fully saturated rings. The van der Waals surface area contributed by atoms with E-state index >= 15 is 0 Å². The van der Waals surface area contributed by atoms with Gasteiger partial charge in [0.15, 0.2) is 0 Å². The molecule has 10 nitrogen and oxygen atoms in total. The molecule has 2 aliphatic rings. The van der Waals surface area contributed by atoms with Crippen LogP contribution in [-0.2, 0) is 9.53 Å². The standard InChI is InChI=1S/C30H31N5O5/c36-29(13-6-23-4-2-1-3-5-23)34-16-14-32(15-17-34)26-10-8-25(9-11-26)31-30(37)24-7-12-27(28(22-24)35(38)39)33-18-20-40-21-19-33/h1-13,22H,14-21H2,(H,31,37)/b13-6+. The normalized spacial score (nSPS) is 15.8. The third kappa shape index (κ3) is 6.47. The number of nitrogens with zero attached hydrogens (tertiary/aromatic N) is 4. The Hall–Kier alpha value is -4.70. The van der Waals surface area contributed by atoms with Crippen molar-refractivity contribution in [3.8, 4) is 0 Å². The minimum absolute atomic E-state index is 0.000206. The van der Waals surface area contributed by atoms with Gasteiger partial charge >= 0.3 is 0 Å². The van der Waals surface area contributed by atoms with E-state index in [-0.39, 0.29) is 17.2 Å². The van der Waals surface area contributed by atoms with Gasteiger partial charge in [0.25, 0.3) is 11.6 Å². The number of hydrogen-bond acceptors (Lipinski definition) is 7. The summed E-state index contributed by atoms with van der Waals surface area (Å²) in [6, 6.07) is 21.8. The van der Waals surface area contributed by atoms with Crippen LogP contribution in [0.2, 0.25) is 0 Å². The van der Waals surface area contributed by atoms with E-state index in [9.17, 15) is 19.7 Å². The van der Waals surface area contributed by atoms with Gasteiger partial charge in [0.2, 0.25) is 5.91 Å². The first-order valence-corrected chi connectivity index (χ1v) is 13.3. The lowest BCUT2D eigenvalue weighted by atomic mass is 10.1. The molecule has 0 aromatic heterocycles. The van der Waals surface area contributed by atoms with Gasteiger partial charge in [0, 0.05) is 68.3 Å². The number of hydrogen-bond donors (Lipinski definition) is 1. The quantitative estimate of drug-likeness (QED) is 0.273. The summed E-state index contributed by atoms with van der Waals surface area (Å²) in [5.41, 5.74) is 3.19. The number of rotatable bonds is 7. The number of anilines is 3. The van der Waals surface area contributed by atoms with Crippen molar-refractivity contribution >= 4 is 40.6 Å². The average Bonchev–Trinajstić information content (AvgIpc) is 3.01. The topological polar surface area (TPSA) is 108 Å². The minimum atomic E-state index is -0.455. The number of morpholine rings is 1. The highest BCUT2D eigenvalue weighted by molar-refractivity contribution is 6.05. The SMILES string of the molecule is O=C(Nc1ccc(N2CCN(C(=O)/C=C/c3ccccc3)CC2)cc1)c1ccc(N2CCOCC2)c([N+](=O)[O-])c1. The zero-order chi connectivity index (χ0) is 27.9. The molecule has 2 saturated heterocycles. The third-order valence-corrected chi connectivity index (χ3v) is 7.09. The maximum Gasteiger partial charge on any atom is 0.293 e. The molecular formula is C30H31N5O5. The molecule has 2 heterocycles. The summed E-state index contributed by atoms with van der Waals surface area (Å²) in [7, 11) is 0. The van der Waals surface area contributed by atoms with Crippen LogP contribution >= 0.6 is 0 Å². The zero-order valence-corrected chi connectivity index (χ0v) is 22.1. The molecule has 0 aliphatic carbocycles. The smallest absolute Gasteiger partial charge is 0.293 e. The van der Waals surface area contributed by atoms with Crippen LogP contribution < -0.4 is 15.1 Å². The zero-order valence-electron chi connectivity index (χ0n) is 22.1. The van der Waals surface area contributed by atoms with Crippen LogP contribution in [0, 0.1) is 10.1 Å². The Kier molecular flexibility index (Phi) is 8.36. The van der Waals surface area contributed by atoms with E-state index < -0.39 is 10.8 Å². The minimum Gasteiger partial charge on any atom is -0.378 e. The van der Waals surface area contributed by atoms with E-state index in [0.29, 0.717) is 63.9 Å². The molecule has 0 saturated carbocycles. The van der Waals surface area contributed by atoms with E-state index in [4.69, 9.17) is 4.74 Å². The number of ether oxygens (including phenoxy) is 1. The maximum atomic E-state index is 12.9. The monoisotopic (exact) mass is 541 g/mol. The molecule has 206 valence electrons. The Balaban J connectivity index is 1.16. The predicted octanol–water partition coefficient (Wildman–Crippen LogP) is 4.05. The molecule has 3 aromatic rings. The van der Waals surface area contributed by atoms with Gasteiger partial charge in [-0.2, -0.15) is 0 Å². The van der Waals surface area contributed by atoms with Gasteiger partial charge in [0.1, 0.15) is 5.69 Å². The Morgan fingerprint density at radius 3 is 2.23 bits per heavy atom. The van der Waals surface area contributed by atoms with Crippen molar-refractivity contribution in [2.24, 2.45) is 0 Å². The fraction of sp³-hybridized carbons (Fsp3) is 0.267. The van der Waals surface area contributed by atoms with Crippen molar-refractivity contribution < 1.29 is 19.2 Å². The van der Waals surface area contributed by atoms with Gasteiger partial charge in [-0.3, -0.25) is 19.7 Å². The summed E-state index contributed by atoms with van der Waals surface area (Å²) in [4.78, 5) is 42.7. The summed E-state index contributed by atoms with van der Waals surface area (Å²) >= 11 is 0. The number of nitro benzene ring substituents is 1. The van der Waals surface area contributed by atoms with Gasteiger partial charge in [-0.25, -0.2) is 0 Å². The summed E-state index contributed by atoms with van der Waals surface area (Å²) < 4.78 is 5.34. The van der Waals surface area contributed by atoms with Crippen molar-refractivity contribution in [2.75, 3.05) is 67.6 Å². The first-order chi connectivity index (χ1) is 19.5. The number of carbonyl (C=O) groups excluding carboxylic acids is 2. The van der Waals surface area contributed by atoms with E-state index in [1.54, 1.807) is 18.2 Å².